The summed E-state index contributed by atoms with van der Waals surface area (Å²) in [4.78, 5) is 6.23. The summed E-state index contributed by atoms with van der Waals surface area (Å²) in [5, 5.41) is 14.0. The summed E-state index contributed by atoms with van der Waals surface area (Å²) in [5.74, 6) is 0. The highest BCUT2D eigenvalue weighted by Crippen LogP contribution is 2.29. The van der Waals surface area contributed by atoms with Gasteiger partial charge in [0.25, 0.3) is 0 Å². The van der Waals surface area contributed by atoms with E-state index in [1.807, 2.05) is 16.8 Å². The van der Waals surface area contributed by atoms with Crippen molar-refractivity contribution in [3.8, 4) is 6.07 Å². The zero-order valence-corrected chi connectivity index (χ0v) is 11.7. The second-order valence-electron chi connectivity index (χ2n) is 4.87. The molecule has 0 amide bonds. The van der Waals surface area contributed by atoms with Crippen molar-refractivity contribution in [2.45, 2.75) is 18.9 Å². The molecule has 20 heavy (non-hydrogen) atoms. The minimum atomic E-state index is 0.395. The molecule has 1 saturated heterocycles. The van der Waals surface area contributed by atoms with Crippen molar-refractivity contribution in [1.29, 1.82) is 5.26 Å². The number of nitrogens with zero attached hydrogens (tertiary/aromatic N) is 5. The first-order valence-corrected chi connectivity index (χ1v) is 6.94. The maximum Gasteiger partial charge on any atom is 0.137 e. The van der Waals surface area contributed by atoms with Crippen LogP contribution in [0.5, 0.6) is 0 Å². The van der Waals surface area contributed by atoms with Crippen LogP contribution in [-0.2, 0) is 0 Å². The predicted octanol–water partition coefficient (Wildman–Crippen LogP) is 2.64. The molecule has 1 aromatic heterocycles. The van der Waals surface area contributed by atoms with Crippen LogP contribution in [0.3, 0.4) is 0 Å². The number of halogens is 1. The normalized spacial score (nSPS) is 16.1. The van der Waals surface area contributed by atoms with Gasteiger partial charge in [0, 0.05) is 18.1 Å². The van der Waals surface area contributed by atoms with Gasteiger partial charge in [0.05, 0.1) is 17.3 Å². The Kier molecular flexibility index (Phi) is 3.57. The van der Waals surface area contributed by atoms with Crippen LogP contribution in [0.4, 0.5) is 5.69 Å². The maximum absolute atomic E-state index is 9.22. The fourth-order valence-electron chi connectivity index (χ4n) is 2.65. The number of hydrogen-bond donors (Lipinski definition) is 0. The first-order chi connectivity index (χ1) is 9.78. The highest BCUT2D eigenvalue weighted by molar-refractivity contribution is 6.30. The minimum absolute atomic E-state index is 0.395. The van der Waals surface area contributed by atoms with Crippen LogP contribution in [0.15, 0.2) is 30.9 Å². The van der Waals surface area contributed by atoms with Crippen molar-refractivity contribution in [2.24, 2.45) is 0 Å². The van der Waals surface area contributed by atoms with Crippen LogP contribution in [0.2, 0.25) is 5.02 Å². The number of benzene rings is 1. The lowest BCUT2D eigenvalue weighted by atomic mass is 10.0. The summed E-state index contributed by atoms with van der Waals surface area (Å²) in [7, 11) is 0. The van der Waals surface area contributed by atoms with E-state index >= 15 is 0 Å². The molecule has 1 fully saturated rings. The van der Waals surface area contributed by atoms with Gasteiger partial charge in [0.15, 0.2) is 0 Å². The Hall–Kier alpha value is -2.06. The van der Waals surface area contributed by atoms with E-state index in [4.69, 9.17) is 11.6 Å². The van der Waals surface area contributed by atoms with Gasteiger partial charge in [-0.3, -0.25) is 0 Å². The number of aromatic nitrogens is 3. The van der Waals surface area contributed by atoms with E-state index < -0.39 is 0 Å². The van der Waals surface area contributed by atoms with Crippen LogP contribution in [0, 0.1) is 11.3 Å². The van der Waals surface area contributed by atoms with E-state index in [-0.39, 0.29) is 0 Å². The van der Waals surface area contributed by atoms with Crippen LogP contribution in [0.1, 0.15) is 24.4 Å². The standard InChI is InChI=1S/C14H14ClN5/c15-12-1-2-14(11(7-12)8-16)19-5-3-13(4-6-19)20-10-17-9-18-20/h1-2,7,9-10,13H,3-6H2. The molecular weight excluding hydrogens is 274 g/mol. The van der Waals surface area contributed by atoms with Crippen molar-refractivity contribution < 1.29 is 0 Å². The minimum Gasteiger partial charge on any atom is -0.370 e. The molecule has 0 unspecified atom stereocenters. The Bertz CT molecular complexity index is 624. The van der Waals surface area contributed by atoms with Gasteiger partial charge in [-0.25, -0.2) is 9.67 Å². The third kappa shape index (κ3) is 2.47. The van der Waals surface area contributed by atoms with Crippen molar-refractivity contribution in [3.63, 3.8) is 0 Å². The molecule has 1 aromatic carbocycles. The molecule has 102 valence electrons. The molecule has 1 aliphatic heterocycles. The fourth-order valence-corrected chi connectivity index (χ4v) is 2.82. The summed E-state index contributed by atoms with van der Waals surface area (Å²) >= 11 is 5.94. The van der Waals surface area contributed by atoms with Crippen LogP contribution in [0.25, 0.3) is 0 Å². The average molecular weight is 288 g/mol. The molecule has 3 rings (SSSR count). The molecule has 5 nitrogen and oxygen atoms in total. The predicted molar refractivity (Wildman–Crippen MR) is 76.7 cm³/mol. The van der Waals surface area contributed by atoms with E-state index in [0.29, 0.717) is 16.6 Å². The summed E-state index contributed by atoms with van der Waals surface area (Å²) in [6.45, 7) is 1.81. The molecule has 0 radical (unpaired) electrons. The van der Waals surface area contributed by atoms with Gasteiger partial charge in [0.1, 0.15) is 18.7 Å². The van der Waals surface area contributed by atoms with Gasteiger partial charge in [0.2, 0.25) is 0 Å². The summed E-state index contributed by atoms with van der Waals surface area (Å²) < 4.78 is 1.92. The maximum atomic E-state index is 9.22. The highest BCUT2D eigenvalue weighted by atomic mass is 35.5. The number of anilines is 1. The Morgan fingerprint density at radius 2 is 2.10 bits per heavy atom. The van der Waals surface area contributed by atoms with Gasteiger partial charge >= 0.3 is 0 Å². The van der Waals surface area contributed by atoms with Crippen molar-refractivity contribution in [1.82, 2.24) is 14.8 Å². The molecule has 0 saturated carbocycles. The molecule has 2 heterocycles. The second-order valence-corrected chi connectivity index (χ2v) is 5.30. The SMILES string of the molecule is N#Cc1cc(Cl)ccc1N1CCC(n2cncn2)CC1. The van der Waals surface area contributed by atoms with Gasteiger partial charge in [-0.15, -0.1) is 0 Å². The Labute approximate surface area is 122 Å². The van der Waals surface area contributed by atoms with Crippen LogP contribution in [-0.4, -0.2) is 27.9 Å². The molecule has 0 bridgehead atoms. The van der Waals surface area contributed by atoms with Gasteiger partial charge < -0.3 is 4.90 Å². The molecule has 0 spiro atoms. The highest BCUT2D eigenvalue weighted by Gasteiger charge is 2.22. The lowest BCUT2D eigenvalue weighted by Crippen LogP contribution is -2.35. The second kappa shape index (κ2) is 5.51. The summed E-state index contributed by atoms with van der Waals surface area (Å²) in [6, 6.07) is 8.10. The quantitative estimate of drug-likeness (QED) is 0.852. The Balaban J connectivity index is 1.74. The van der Waals surface area contributed by atoms with Crippen LogP contribution >= 0.6 is 11.6 Å². The molecule has 2 aromatic rings. The third-order valence-electron chi connectivity index (χ3n) is 3.69. The summed E-state index contributed by atoms with van der Waals surface area (Å²) in [5.41, 5.74) is 1.60. The molecule has 0 aliphatic carbocycles. The fraction of sp³-hybridized carbons (Fsp3) is 0.357. The molecular formula is C14H14ClN5. The van der Waals surface area contributed by atoms with Gasteiger partial charge in [-0.2, -0.15) is 10.4 Å². The summed E-state index contributed by atoms with van der Waals surface area (Å²) in [6.07, 6.45) is 5.33. The largest absolute Gasteiger partial charge is 0.370 e. The molecule has 6 heteroatoms. The van der Waals surface area contributed by atoms with E-state index in [0.717, 1.165) is 31.6 Å². The van der Waals surface area contributed by atoms with Crippen molar-refractivity contribution >= 4 is 17.3 Å². The zero-order chi connectivity index (χ0) is 13.9. The molecule has 1 aliphatic rings. The molecule has 0 N–H and O–H groups in total. The van der Waals surface area contributed by atoms with Crippen molar-refractivity contribution in [3.05, 3.63) is 41.4 Å². The third-order valence-corrected chi connectivity index (χ3v) is 3.93. The van der Waals surface area contributed by atoms with Crippen LogP contribution < -0.4 is 4.90 Å². The average Bonchev–Trinajstić information content (AvgIpc) is 3.01. The van der Waals surface area contributed by atoms with E-state index in [2.05, 4.69) is 21.1 Å². The number of rotatable bonds is 2. The number of hydrogen-bond acceptors (Lipinski definition) is 4. The van der Waals surface area contributed by atoms with E-state index in [1.54, 1.807) is 18.7 Å². The van der Waals surface area contributed by atoms with Gasteiger partial charge in [-0.1, -0.05) is 11.6 Å². The number of nitriles is 1. The smallest absolute Gasteiger partial charge is 0.137 e. The molecule has 0 atom stereocenters. The number of piperidine rings is 1. The van der Waals surface area contributed by atoms with E-state index in [9.17, 15) is 5.26 Å². The lowest BCUT2D eigenvalue weighted by Gasteiger charge is -2.34. The first kappa shape index (κ1) is 12.9. The Morgan fingerprint density at radius 3 is 2.75 bits per heavy atom. The van der Waals surface area contributed by atoms with E-state index in [1.165, 1.54) is 0 Å². The first-order valence-electron chi connectivity index (χ1n) is 6.56. The van der Waals surface area contributed by atoms with Gasteiger partial charge in [-0.05, 0) is 31.0 Å². The lowest BCUT2D eigenvalue weighted by molar-refractivity contribution is 0.366. The topological polar surface area (TPSA) is 57.7 Å². The zero-order valence-electron chi connectivity index (χ0n) is 10.9. The Morgan fingerprint density at radius 1 is 1.30 bits per heavy atom. The van der Waals surface area contributed by atoms with Crippen molar-refractivity contribution in [2.75, 3.05) is 18.0 Å². The monoisotopic (exact) mass is 287 g/mol.